The number of carbonyl (C=O) groups is 1. The molecule has 1 aliphatic rings. The number of nitrogens with zero attached hydrogens (tertiary/aromatic N) is 2. The molecule has 1 amide bonds. The molecule has 2 unspecified atom stereocenters. The van der Waals surface area contributed by atoms with Gasteiger partial charge in [-0.15, -0.1) is 0 Å². The molecule has 0 saturated carbocycles. The summed E-state index contributed by atoms with van der Waals surface area (Å²) >= 11 is 0. The number of likely N-dealkylation sites (tertiary alicyclic amines) is 1. The minimum atomic E-state index is -4.80. The van der Waals surface area contributed by atoms with E-state index in [1.54, 1.807) is 20.8 Å². The summed E-state index contributed by atoms with van der Waals surface area (Å²) in [6.45, 7) is 6.05. The first-order valence-corrected chi connectivity index (χ1v) is 7.66. The molecule has 136 valence electrons. The Bertz CT molecular complexity index is 580. The minimum Gasteiger partial charge on any atom is -0.444 e. The number of rotatable bonds is 2. The second kappa shape index (κ2) is 6.62. The van der Waals surface area contributed by atoms with Crippen LogP contribution in [0.5, 0.6) is 0 Å². The number of piperidine rings is 1. The quantitative estimate of drug-likeness (QED) is 0.885. The van der Waals surface area contributed by atoms with Crippen molar-refractivity contribution in [3.05, 3.63) is 17.5 Å². The number of alkyl halides is 3. The molecule has 2 rings (SSSR count). The van der Waals surface area contributed by atoms with Crippen molar-refractivity contribution in [1.29, 1.82) is 0 Å². The lowest BCUT2D eigenvalue weighted by Crippen LogP contribution is -2.42. The fourth-order valence-electron chi connectivity index (χ4n) is 2.49. The van der Waals surface area contributed by atoms with E-state index in [0.717, 1.165) is 6.07 Å². The van der Waals surface area contributed by atoms with Crippen LogP contribution in [0.15, 0.2) is 10.6 Å². The SMILES string of the molecule is CC(C)(C)OC(=O)N1CCCC(c2cc(C(O)C(F)(F)F)no2)C1. The predicted octanol–water partition coefficient (Wildman–Crippen LogP) is 3.38. The van der Waals surface area contributed by atoms with Gasteiger partial charge in [-0.2, -0.15) is 13.2 Å². The Morgan fingerprint density at radius 1 is 1.46 bits per heavy atom. The Hall–Kier alpha value is -1.77. The van der Waals surface area contributed by atoms with E-state index >= 15 is 0 Å². The van der Waals surface area contributed by atoms with Crippen LogP contribution in [0.25, 0.3) is 0 Å². The molecule has 24 heavy (non-hydrogen) atoms. The van der Waals surface area contributed by atoms with Crippen LogP contribution in [0.2, 0.25) is 0 Å². The number of carbonyl (C=O) groups excluding carboxylic acids is 1. The summed E-state index contributed by atoms with van der Waals surface area (Å²) in [5.41, 5.74) is -1.20. The lowest BCUT2D eigenvalue weighted by Gasteiger charge is -2.33. The van der Waals surface area contributed by atoms with Crippen molar-refractivity contribution >= 4 is 6.09 Å². The summed E-state index contributed by atoms with van der Waals surface area (Å²) in [5, 5.41) is 12.5. The number of ether oxygens (including phenoxy) is 1. The van der Waals surface area contributed by atoms with Crippen LogP contribution >= 0.6 is 0 Å². The van der Waals surface area contributed by atoms with Crippen LogP contribution in [0.3, 0.4) is 0 Å². The lowest BCUT2D eigenvalue weighted by atomic mass is 9.95. The second-order valence-corrected chi connectivity index (χ2v) is 6.86. The molecule has 6 nitrogen and oxygen atoms in total. The van der Waals surface area contributed by atoms with Gasteiger partial charge in [0, 0.05) is 25.1 Å². The third kappa shape index (κ3) is 4.62. The van der Waals surface area contributed by atoms with Crippen LogP contribution in [0, 0.1) is 0 Å². The van der Waals surface area contributed by atoms with Gasteiger partial charge in [0.1, 0.15) is 17.1 Å². The second-order valence-electron chi connectivity index (χ2n) is 6.86. The molecule has 1 aromatic rings. The first kappa shape index (κ1) is 18.6. The van der Waals surface area contributed by atoms with E-state index in [0.29, 0.717) is 19.4 Å². The van der Waals surface area contributed by atoms with Gasteiger partial charge < -0.3 is 19.3 Å². The summed E-state index contributed by atoms with van der Waals surface area (Å²) in [4.78, 5) is 13.6. The Morgan fingerprint density at radius 3 is 2.71 bits per heavy atom. The summed E-state index contributed by atoms with van der Waals surface area (Å²) < 4.78 is 47.8. The molecule has 1 aliphatic heterocycles. The summed E-state index contributed by atoms with van der Waals surface area (Å²) in [5.74, 6) is -0.0606. The number of halogens is 3. The van der Waals surface area contributed by atoms with E-state index in [-0.39, 0.29) is 18.2 Å². The molecule has 1 N–H and O–H groups in total. The summed E-state index contributed by atoms with van der Waals surface area (Å²) in [6.07, 6.45) is -6.64. The summed E-state index contributed by atoms with van der Waals surface area (Å²) in [6, 6.07) is 1.10. The van der Waals surface area contributed by atoms with Crippen molar-refractivity contribution in [2.24, 2.45) is 0 Å². The number of hydrogen-bond donors (Lipinski definition) is 1. The van der Waals surface area contributed by atoms with Crippen molar-refractivity contribution < 1.29 is 32.3 Å². The highest BCUT2D eigenvalue weighted by atomic mass is 19.4. The van der Waals surface area contributed by atoms with Crippen molar-refractivity contribution in [3.63, 3.8) is 0 Å². The number of hydrogen-bond acceptors (Lipinski definition) is 5. The Balaban J connectivity index is 2.05. The fraction of sp³-hybridized carbons (Fsp3) is 0.733. The van der Waals surface area contributed by atoms with Gasteiger partial charge in [0.15, 0.2) is 6.10 Å². The molecule has 1 saturated heterocycles. The van der Waals surface area contributed by atoms with Gasteiger partial charge in [-0.3, -0.25) is 0 Å². The maximum atomic E-state index is 12.5. The topological polar surface area (TPSA) is 75.8 Å². The van der Waals surface area contributed by atoms with Crippen molar-refractivity contribution in [1.82, 2.24) is 10.1 Å². The van der Waals surface area contributed by atoms with Crippen LogP contribution < -0.4 is 0 Å². The maximum Gasteiger partial charge on any atom is 0.420 e. The van der Waals surface area contributed by atoms with Gasteiger partial charge in [-0.1, -0.05) is 5.16 Å². The average Bonchev–Trinajstić information content (AvgIpc) is 2.93. The third-order valence-corrected chi connectivity index (χ3v) is 3.61. The number of aliphatic hydroxyl groups excluding tert-OH is 1. The van der Waals surface area contributed by atoms with Gasteiger partial charge >= 0.3 is 12.3 Å². The third-order valence-electron chi connectivity index (χ3n) is 3.61. The molecule has 0 aromatic carbocycles. The maximum absolute atomic E-state index is 12.5. The predicted molar refractivity (Wildman–Crippen MR) is 77.3 cm³/mol. The van der Waals surface area contributed by atoms with Crippen molar-refractivity contribution in [3.8, 4) is 0 Å². The highest BCUT2D eigenvalue weighted by Crippen LogP contribution is 2.34. The minimum absolute atomic E-state index is 0.224. The standard InChI is InChI=1S/C15H21F3N2O4/c1-14(2,3)23-13(22)20-6-4-5-9(8-20)11-7-10(19-24-11)12(21)15(16,17)18/h7,9,12,21H,4-6,8H2,1-3H3. The number of amides is 1. The van der Waals surface area contributed by atoms with Crippen LogP contribution in [-0.2, 0) is 4.74 Å². The average molecular weight is 350 g/mol. The van der Waals surface area contributed by atoms with Crippen LogP contribution in [0.4, 0.5) is 18.0 Å². The molecule has 0 aliphatic carbocycles. The van der Waals surface area contributed by atoms with Gasteiger partial charge in [-0.25, -0.2) is 4.79 Å². The monoisotopic (exact) mass is 350 g/mol. The molecular formula is C15H21F3N2O4. The Kier molecular flexibility index (Phi) is 5.12. The smallest absolute Gasteiger partial charge is 0.420 e. The molecule has 0 radical (unpaired) electrons. The molecule has 0 spiro atoms. The van der Waals surface area contributed by atoms with E-state index in [9.17, 15) is 23.1 Å². The zero-order valence-corrected chi connectivity index (χ0v) is 13.8. The highest BCUT2D eigenvalue weighted by Gasteiger charge is 2.42. The Morgan fingerprint density at radius 2 is 2.12 bits per heavy atom. The molecule has 1 aromatic heterocycles. The molecule has 0 bridgehead atoms. The number of aromatic nitrogens is 1. The van der Waals surface area contributed by atoms with Crippen LogP contribution in [-0.4, -0.2) is 46.1 Å². The van der Waals surface area contributed by atoms with E-state index in [2.05, 4.69) is 5.16 Å². The normalized spacial score (nSPS) is 20.8. The molecule has 9 heteroatoms. The lowest BCUT2D eigenvalue weighted by molar-refractivity contribution is -0.208. The largest absolute Gasteiger partial charge is 0.444 e. The molecule has 2 heterocycles. The molecule has 2 atom stereocenters. The van der Waals surface area contributed by atoms with Crippen LogP contribution in [0.1, 0.15) is 57.1 Å². The van der Waals surface area contributed by atoms with Crippen molar-refractivity contribution in [2.75, 3.05) is 13.1 Å². The first-order chi connectivity index (χ1) is 11.0. The van der Waals surface area contributed by atoms with Gasteiger partial charge in [0.25, 0.3) is 0 Å². The molecular weight excluding hydrogens is 329 g/mol. The summed E-state index contributed by atoms with van der Waals surface area (Å²) in [7, 11) is 0. The van der Waals surface area contributed by atoms with Crippen molar-refractivity contribution in [2.45, 2.75) is 57.4 Å². The van der Waals surface area contributed by atoms with Gasteiger partial charge in [0.05, 0.1) is 0 Å². The van der Waals surface area contributed by atoms with E-state index in [4.69, 9.17) is 9.26 Å². The van der Waals surface area contributed by atoms with E-state index in [1.807, 2.05) is 0 Å². The van der Waals surface area contributed by atoms with E-state index < -0.39 is 29.7 Å². The fourth-order valence-corrected chi connectivity index (χ4v) is 2.49. The van der Waals surface area contributed by atoms with E-state index in [1.165, 1.54) is 4.90 Å². The van der Waals surface area contributed by atoms with Gasteiger partial charge in [-0.05, 0) is 33.6 Å². The van der Waals surface area contributed by atoms with Gasteiger partial charge in [0.2, 0.25) is 0 Å². The first-order valence-electron chi connectivity index (χ1n) is 7.66. The Labute approximate surface area is 137 Å². The molecule has 1 fully saturated rings. The number of aliphatic hydroxyl groups is 1. The zero-order valence-electron chi connectivity index (χ0n) is 13.8. The highest BCUT2D eigenvalue weighted by molar-refractivity contribution is 5.68. The zero-order chi connectivity index (χ0) is 18.1.